The number of aryl methyl sites for hydroxylation is 3. The number of fused-ring (bicyclic) bond motifs is 2. The summed E-state index contributed by atoms with van der Waals surface area (Å²) in [4.78, 5) is 31.6. The fourth-order valence-electron chi connectivity index (χ4n) is 3.99. The highest BCUT2D eigenvalue weighted by molar-refractivity contribution is 7.17. The number of carbonyl (C=O) groups excluding carboxylic acids is 1. The smallest absolute Gasteiger partial charge is 0.328 e. The number of aromatic nitrogens is 6. The lowest BCUT2D eigenvalue weighted by Gasteiger charge is -2.18. The molecule has 0 saturated carbocycles. The molecule has 0 radical (unpaired) electrons. The van der Waals surface area contributed by atoms with E-state index in [1.807, 2.05) is 22.8 Å². The Morgan fingerprint density at radius 2 is 1.91 bits per heavy atom. The molecule has 1 aromatic carbocycles. The first-order valence-electron chi connectivity index (χ1n) is 10.8. The maximum absolute atomic E-state index is 13.1. The quantitative estimate of drug-likeness (QED) is 0.345. The molecule has 3 N–H and O–H groups in total. The highest BCUT2D eigenvalue weighted by Gasteiger charge is 2.21. The number of H-pyrrole nitrogens is 1. The summed E-state index contributed by atoms with van der Waals surface area (Å²) in [6, 6.07) is 7.41. The Morgan fingerprint density at radius 3 is 2.59 bits per heavy atom. The van der Waals surface area contributed by atoms with E-state index < -0.39 is 5.60 Å². The van der Waals surface area contributed by atoms with Crippen LogP contribution in [-0.4, -0.2) is 45.5 Å². The highest BCUT2D eigenvalue weighted by Crippen LogP contribution is 2.29. The van der Waals surface area contributed by atoms with Gasteiger partial charge in [0.25, 0.3) is 5.91 Å². The van der Waals surface area contributed by atoms with Gasteiger partial charge in [0.05, 0.1) is 38.7 Å². The van der Waals surface area contributed by atoms with Crippen molar-refractivity contribution < 1.29 is 9.90 Å². The second-order valence-corrected chi connectivity index (χ2v) is 10.1. The molecule has 4 heterocycles. The van der Waals surface area contributed by atoms with Gasteiger partial charge < -0.3 is 9.67 Å². The van der Waals surface area contributed by atoms with E-state index in [9.17, 15) is 14.7 Å². The Hall–Kier alpha value is -3.70. The average Bonchev–Trinajstić information content (AvgIpc) is 3.56. The first-order chi connectivity index (χ1) is 16.1. The fraction of sp³-hybridized carbons (Fsp3) is 0.304. The average molecular weight is 480 g/mol. The molecule has 0 fully saturated rings. The molecule has 0 spiro atoms. The summed E-state index contributed by atoms with van der Waals surface area (Å²) >= 11 is 1.37. The molecule has 5 aromatic rings. The van der Waals surface area contributed by atoms with Crippen LogP contribution in [0.1, 0.15) is 29.9 Å². The van der Waals surface area contributed by atoms with Crippen molar-refractivity contribution in [1.29, 1.82) is 0 Å². The van der Waals surface area contributed by atoms with Gasteiger partial charge in [-0.1, -0.05) is 0 Å². The van der Waals surface area contributed by atoms with Crippen LogP contribution in [0.15, 0.2) is 41.5 Å². The number of thiophene rings is 1. The molecule has 10 nitrogen and oxygen atoms in total. The number of carbonyl (C=O) groups is 1. The van der Waals surface area contributed by atoms with Crippen LogP contribution in [-0.2, 0) is 20.6 Å². The molecule has 0 aliphatic carbocycles. The maximum atomic E-state index is 13.1. The van der Waals surface area contributed by atoms with Crippen LogP contribution in [0, 0.1) is 0 Å². The molecule has 0 unspecified atom stereocenters. The van der Waals surface area contributed by atoms with Gasteiger partial charge in [-0.05, 0) is 44.5 Å². The van der Waals surface area contributed by atoms with Crippen molar-refractivity contribution in [3.63, 3.8) is 0 Å². The van der Waals surface area contributed by atoms with Gasteiger partial charge in [0.1, 0.15) is 0 Å². The maximum Gasteiger partial charge on any atom is 0.328 e. The summed E-state index contributed by atoms with van der Waals surface area (Å²) in [5.41, 5.74) is 2.86. The molecular weight excluding hydrogens is 454 g/mol. The van der Waals surface area contributed by atoms with E-state index in [1.54, 1.807) is 55.5 Å². The third kappa shape index (κ3) is 3.82. The first-order valence-corrected chi connectivity index (χ1v) is 11.6. The zero-order valence-electron chi connectivity index (χ0n) is 19.3. The fourth-order valence-corrected chi connectivity index (χ4v) is 4.87. The normalized spacial score (nSPS) is 12.1. The van der Waals surface area contributed by atoms with Crippen molar-refractivity contribution in [2.75, 3.05) is 5.32 Å². The van der Waals surface area contributed by atoms with Crippen molar-refractivity contribution >= 4 is 45.3 Å². The largest absolute Gasteiger partial charge is 0.390 e. The van der Waals surface area contributed by atoms with E-state index in [2.05, 4.69) is 20.5 Å². The number of aromatic amines is 1. The van der Waals surface area contributed by atoms with Gasteiger partial charge in [0, 0.05) is 37.3 Å². The van der Waals surface area contributed by atoms with Gasteiger partial charge in [0.2, 0.25) is 5.95 Å². The van der Waals surface area contributed by atoms with Gasteiger partial charge in [-0.15, -0.1) is 11.3 Å². The Bertz CT molecular complexity index is 1580. The van der Waals surface area contributed by atoms with Gasteiger partial charge in [-0.25, -0.2) is 9.78 Å². The number of benzene rings is 1. The van der Waals surface area contributed by atoms with Crippen LogP contribution in [0.25, 0.3) is 32.5 Å². The van der Waals surface area contributed by atoms with E-state index >= 15 is 0 Å². The predicted molar refractivity (Wildman–Crippen MR) is 132 cm³/mol. The monoisotopic (exact) mass is 479 g/mol. The van der Waals surface area contributed by atoms with Gasteiger partial charge in [-0.2, -0.15) is 5.10 Å². The van der Waals surface area contributed by atoms with E-state index in [0.717, 1.165) is 27.0 Å². The minimum absolute atomic E-state index is 0.120. The van der Waals surface area contributed by atoms with Crippen molar-refractivity contribution in [2.45, 2.75) is 32.4 Å². The Balaban J connectivity index is 1.56. The van der Waals surface area contributed by atoms with Crippen LogP contribution < -0.4 is 11.0 Å². The number of amides is 1. The molecule has 0 bridgehead atoms. The number of hydrogen-bond donors (Lipinski definition) is 3. The lowest BCUT2D eigenvalue weighted by Crippen LogP contribution is -2.22. The lowest BCUT2D eigenvalue weighted by atomic mass is 10.1. The third-order valence-electron chi connectivity index (χ3n) is 5.93. The zero-order valence-corrected chi connectivity index (χ0v) is 20.1. The summed E-state index contributed by atoms with van der Waals surface area (Å²) < 4.78 is 5.04. The number of rotatable bonds is 6. The number of nitrogens with zero attached hydrogens (tertiary/aromatic N) is 5. The van der Waals surface area contributed by atoms with E-state index in [0.29, 0.717) is 29.3 Å². The molecule has 4 aromatic heterocycles. The molecule has 176 valence electrons. The molecular formula is C23H25N7O3S. The molecule has 11 heteroatoms. The topological polar surface area (TPSA) is 123 Å². The molecule has 0 atom stereocenters. The molecule has 0 saturated heterocycles. The summed E-state index contributed by atoms with van der Waals surface area (Å²) in [6.45, 7) is 3.92. The molecule has 34 heavy (non-hydrogen) atoms. The van der Waals surface area contributed by atoms with Gasteiger partial charge in [-0.3, -0.25) is 24.3 Å². The predicted octanol–water partition coefficient (Wildman–Crippen LogP) is 3.09. The van der Waals surface area contributed by atoms with Crippen LogP contribution in [0.5, 0.6) is 0 Å². The Kier molecular flexibility index (Phi) is 5.18. The second kappa shape index (κ2) is 7.96. The second-order valence-electron chi connectivity index (χ2n) is 8.98. The lowest BCUT2D eigenvalue weighted by molar-refractivity contribution is 0.0667. The van der Waals surface area contributed by atoms with Gasteiger partial charge in [0.15, 0.2) is 0 Å². The van der Waals surface area contributed by atoms with Gasteiger partial charge >= 0.3 is 5.69 Å². The number of aliphatic hydroxyl groups is 1. The standard InChI is InChI=1S/C23H25N7O3S/c1-23(2,33)7-8-30-15-10-17-16(28(3)22(32)29(17)4)9-14(15)26-21(30)27-20(31)19-6-5-18(34-19)13-11-24-25-12-13/h5-6,9-12,33H,7-8H2,1-4H3,(H,24,25)(H,26,27,31). The number of nitrogens with one attached hydrogen (secondary N) is 2. The van der Waals surface area contributed by atoms with E-state index in [4.69, 9.17) is 0 Å². The van der Waals surface area contributed by atoms with Crippen LogP contribution in [0.3, 0.4) is 0 Å². The third-order valence-corrected chi connectivity index (χ3v) is 7.06. The minimum Gasteiger partial charge on any atom is -0.390 e. The van der Waals surface area contributed by atoms with Crippen LogP contribution in [0.2, 0.25) is 0 Å². The number of hydrogen-bond acceptors (Lipinski definition) is 6. The molecule has 5 rings (SSSR count). The zero-order chi connectivity index (χ0) is 24.2. The van der Waals surface area contributed by atoms with Crippen LogP contribution >= 0.6 is 11.3 Å². The SMILES string of the molecule is Cn1c(=O)n(C)c2cc3c(cc21)nc(NC(=O)c1ccc(-c2cn[nH]c2)s1)n3CCC(C)(C)O. The Morgan fingerprint density at radius 1 is 1.18 bits per heavy atom. The molecule has 1 amide bonds. The molecule has 0 aliphatic heterocycles. The summed E-state index contributed by atoms with van der Waals surface area (Å²) in [5.74, 6) is 0.124. The highest BCUT2D eigenvalue weighted by atomic mass is 32.1. The summed E-state index contributed by atoms with van der Waals surface area (Å²) in [7, 11) is 3.45. The minimum atomic E-state index is -0.894. The van der Waals surface area contributed by atoms with E-state index in [1.165, 1.54) is 11.3 Å². The first kappa shape index (κ1) is 22.1. The van der Waals surface area contributed by atoms with Crippen LogP contribution in [0.4, 0.5) is 5.95 Å². The van der Waals surface area contributed by atoms with Crippen molar-refractivity contribution in [2.24, 2.45) is 14.1 Å². The number of imidazole rings is 2. The Labute approximate surface area is 198 Å². The van der Waals surface area contributed by atoms with E-state index in [-0.39, 0.29) is 11.6 Å². The summed E-state index contributed by atoms with van der Waals surface area (Å²) in [5, 5.41) is 20.0. The number of anilines is 1. The summed E-state index contributed by atoms with van der Waals surface area (Å²) in [6.07, 6.45) is 3.94. The van der Waals surface area contributed by atoms with Crippen molar-refractivity contribution in [3.8, 4) is 10.4 Å². The van der Waals surface area contributed by atoms with Crippen molar-refractivity contribution in [3.05, 3.63) is 52.0 Å². The van der Waals surface area contributed by atoms with Crippen molar-refractivity contribution in [1.82, 2.24) is 28.9 Å². The molecule has 0 aliphatic rings.